The number of aliphatic imine (C=N–C) groups is 1. The van der Waals surface area contributed by atoms with Crippen LogP contribution in [0.4, 0.5) is 11.4 Å². The molecule has 0 spiro atoms. The van der Waals surface area contributed by atoms with Crippen molar-refractivity contribution in [3.8, 4) is 11.5 Å². The van der Waals surface area contributed by atoms with E-state index in [1.807, 2.05) is 23.1 Å². The molecule has 31 heavy (non-hydrogen) atoms. The molecule has 2 aliphatic rings. The molecule has 2 aromatic carbocycles. The number of halogens is 2. The minimum absolute atomic E-state index is 0.0382. The van der Waals surface area contributed by atoms with Crippen molar-refractivity contribution in [1.82, 2.24) is 4.90 Å². The molecule has 0 aromatic heterocycles. The van der Waals surface area contributed by atoms with Gasteiger partial charge < -0.3 is 24.0 Å². The lowest BCUT2D eigenvalue weighted by Crippen LogP contribution is -2.46. The predicted octanol–water partition coefficient (Wildman–Crippen LogP) is 4.31. The van der Waals surface area contributed by atoms with E-state index >= 15 is 0 Å². The van der Waals surface area contributed by atoms with Gasteiger partial charge in [-0.1, -0.05) is 23.2 Å². The fourth-order valence-corrected chi connectivity index (χ4v) is 3.92. The van der Waals surface area contributed by atoms with Crippen molar-refractivity contribution >= 4 is 46.8 Å². The Morgan fingerprint density at radius 3 is 2.81 bits per heavy atom. The zero-order valence-electron chi connectivity index (χ0n) is 17.3. The van der Waals surface area contributed by atoms with Crippen LogP contribution in [0.25, 0.3) is 0 Å². The number of anilines is 2. The van der Waals surface area contributed by atoms with Crippen LogP contribution in [0.15, 0.2) is 35.3 Å². The number of fused-ring (bicyclic) bond motifs is 1. The molecule has 1 atom stereocenters. The van der Waals surface area contributed by atoms with E-state index in [0.29, 0.717) is 54.4 Å². The Balaban J connectivity index is 1.58. The minimum Gasteiger partial charge on any atom is -0.493 e. The summed E-state index contributed by atoms with van der Waals surface area (Å²) in [6, 6.07) is 9.28. The molecule has 0 aliphatic carbocycles. The maximum Gasteiger partial charge on any atom is 0.219 e. The van der Waals surface area contributed by atoms with Gasteiger partial charge in [0, 0.05) is 30.8 Å². The summed E-state index contributed by atoms with van der Waals surface area (Å²) in [5.41, 5.74) is 2.75. The zero-order chi connectivity index (χ0) is 22.0. The van der Waals surface area contributed by atoms with Gasteiger partial charge in [-0.2, -0.15) is 0 Å². The Hall–Kier alpha value is -2.48. The van der Waals surface area contributed by atoms with E-state index in [4.69, 9.17) is 37.4 Å². The quantitative estimate of drug-likeness (QED) is 0.660. The second-order valence-electron chi connectivity index (χ2n) is 7.33. The monoisotopic (exact) mass is 463 g/mol. The largest absolute Gasteiger partial charge is 0.493 e. The fourth-order valence-electron chi connectivity index (χ4n) is 3.63. The standard InChI is InChI=1S/C22H23Cl2N3O4/c1-14(28)26-5-6-30-17(11-26)12-31-22-9-20-15(7-21(22)29-2)10-25-13-27(20)16-3-4-18(23)19(24)8-16/h3-4,7-9,13,17H,5-6,10-12H2,1-2H3. The first-order chi connectivity index (χ1) is 15.0. The molecule has 7 nitrogen and oxygen atoms in total. The number of morpholine rings is 1. The molecule has 0 saturated carbocycles. The predicted molar refractivity (Wildman–Crippen MR) is 121 cm³/mol. The van der Waals surface area contributed by atoms with Gasteiger partial charge in [0.25, 0.3) is 0 Å². The van der Waals surface area contributed by atoms with Crippen LogP contribution in [-0.2, 0) is 16.1 Å². The molecule has 0 bridgehead atoms. The van der Waals surface area contributed by atoms with Gasteiger partial charge in [-0.15, -0.1) is 0 Å². The third-order valence-corrected chi connectivity index (χ3v) is 6.01. The highest BCUT2D eigenvalue weighted by atomic mass is 35.5. The van der Waals surface area contributed by atoms with E-state index < -0.39 is 0 Å². The first-order valence-corrected chi connectivity index (χ1v) is 10.7. The maximum absolute atomic E-state index is 11.7. The lowest BCUT2D eigenvalue weighted by Gasteiger charge is -2.32. The molecule has 9 heteroatoms. The Morgan fingerprint density at radius 1 is 1.23 bits per heavy atom. The van der Waals surface area contributed by atoms with Crippen LogP contribution < -0.4 is 14.4 Å². The fraction of sp³-hybridized carbons (Fsp3) is 0.364. The van der Waals surface area contributed by atoms with Crippen LogP contribution >= 0.6 is 23.2 Å². The van der Waals surface area contributed by atoms with E-state index in [9.17, 15) is 4.79 Å². The van der Waals surface area contributed by atoms with Gasteiger partial charge in [0.1, 0.15) is 12.7 Å². The molecule has 1 fully saturated rings. The molecule has 1 unspecified atom stereocenters. The third kappa shape index (κ3) is 4.74. The summed E-state index contributed by atoms with van der Waals surface area (Å²) in [6.07, 6.45) is 1.55. The maximum atomic E-state index is 11.7. The normalized spacial score (nSPS) is 18.0. The number of amides is 1. The molecular formula is C22H23Cl2N3O4. The van der Waals surface area contributed by atoms with Crippen molar-refractivity contribution in [2.75, 3.05) is 38.3 Å². The average Bonchev–Trinajstić information content (AvgIpc) is 2.78. The number of methoxy groups -OCH3 is 1. The lowest BCUT2D eigenvalue weighted by molar-refractivity contribution is -0.137. The average molecular weight is 464 g/mol. The van der Waals surface area contributed by atoms with E-state index in [-0.39, 0.29) is 12.0 Å². The summed E-state index contributed by atoms with van der Waals surface area (Å²) in [6.45, 7) is 4.00. The van der Waals surface area contributed by atoms with Gasteiger partial charge in [0.15, 0.2) is 11.5 Å². The van der Waals surface area contributed by atoms with Gasteiger partial charge in [0.2, 0.25) is 5.91 Å². The topological polar surface area (TPSA) is 63.6 Å². The second kappa shape index (κ2) is 9.34. The highest BCUT2D eigenvalue weighted by Crippen LogP contribution is 2.40. The Labute approximate surface area is 191 Å². The van der Waals surface area contributed by atoms with Crippen LogP contribution in [0.3, 0.4) is 0 Å². The molecule has 1 amide bonds. The number of hydrogen-bond donors (Lipinski definition) is 0. The van der Waals surface area contributed by atoms with Crippen LogP contribution in [0.2, 0.25) is 10.0 Å². The van der Waals surface area contributed by atoms with E-state index in [0.717, 1.165) is 16.9 Å². The highest BCUT2D eigenvalue weighted by Gasteiger charge is 2.24. The van der Waals surface area contributed by atoms with Crippen molar-refractivity contribution in [2.45, 2.75) is 19.6 Å². The van der Waals surface area contributed by atoms with E-state index in [2.05, 4.69) is 4.99 Å². The minimum atomic E-state index is -0.203. The molecular weight excluding hydrogens is 441 g/mol. The SMILES string of the molecule is COc1cc2c(cc1OCC1CN(C(C)=O)CCO1)N(c1ccc(Cl)c(Cl)c1)C=NC2. The zero-order valence-corrected chi connectivity index (χ0v) is 18.8. The summed E-state index contributed by atoms with van der Waals surface area (Å²) in [7, 11) is 1.60. The van der Waals surface area contributed by atoms with Gasteiger partial charge in [-0.05, 0) is 24.3 Å². The number of rotatable bonds is 5. The van der Waals surface area contributed by atoms with Gasteiger partial charge in [-0.25, -0.2) is 0 Å². The van der Waals surface area contributed by atoms with Gasteiger partial charge in [-0.3, -0.25) is 9.79 Å². The summed E-state index contributed by atoms with van der Waals surface area (Å²) in [5.74, 6) is 1.24. The van der Waals surface area contributed by atoms with Crippen molar-refractivity contribution in [1.29, 1.82) is 0 Å². The smallest absolute Gasteiger partial charge is 0.219 e. The van der Waals surface area contributed by atoms with Crippen molar-refractivity contribution < 1.29 is 19.0 Å². The molecule has 2 heterocycles. The number of carbonyl (C=O) groups is 1. The number of nitrogens with zero attached hydrogens (tertiary/aromatic N) is 3. The molecule has 0 N–H and O–H groups in total. The van der Waals surface area contributed by atoms with Crippen molar-refractivity contribution in [3.05, 3.63) is 45.9 Å². The Bertz CT molecular complexity index is 1010. The molecule has 0 radical (unpaired) electrons. The van der Waals surface area contributed by atoms with Crippen LogP contribution in [0.1, 0.15) is 12.5 Å². The molecule has 4 rings (SSSR count). The first-order valence-electron chi connectivity index (χ1n) is 9.91. The molecule has 2 aromatic rings. The van der Waals surface area contributed by atoms with Crippen LogP contribution in [0, 0.1) is 0 Å². The number of benzene rings is 2. The van der Waals surface area contributed by atoms with Crippen molar-refractivity contribution in [2.24, 2.45) is 4.99 Å². The summed E-state index contributed by atoms with van der Waals surface area (Å²) >= 11 is 12.3. The second-order valence-corrected chi connectivity index (χ2v) is 8.14. The molecule has 1 saturated heterocycles. The van der Waals surface area contributed by atoms with Gasteiger partial charge in [0.05, 0.1) is 48.9 Å². The number of ether oxygens (including phenoxy) is 3. The Morgan fingerprint density at radius 2 is 2.06 bits per heavy atom. The molecule has 2 aliphatic heterocycles. The van der Waals surface area contributed by atoms with E-state index in [1.54, 1.807) is 37.4 Å². The highest BCUT2D eigenvalue weighted by molar-refractivity contribution is 6.42. The Kier molecular flexibility index (Phi) is 6.55. The summed E-state index contributed by atoms with van der Waals surface area (Å²) in [5, 5.41) is 0.958. The third-order valence-electron chi connectivity index (χ3n) is 5.27. The summed E-state index contributed by atoms with van der Waals surface area (Å²) < 4.78 is 17.4. The first kappa shape index (κ1) is 21.7. The number of hydrogen-bond acceptors (Lipinski definition) is 6. The summed E-state index contributed by atoms with van der Waals surface area (Å²) in [4.78, 5) is 19.8. The van der Waals surface area contributed by atoms with Gasteiger partial charge >= 0.3 is 0 Å². The van der Waals surface area contributed by atoms with Crippen LogP contribution in [0.5, 0.6) is 11.5 Å². The van der Waals surface area contributed by atoms with Crippen LogP contribution in [-0.4, -0.2) is 56.7 Å². The van der Waals surface area contributed by atoms with E-state index in [1.165, 1.54) is 0 Å². The number of carbonyl (C=O) groups excluding carboxylic acids is 1. The molecule has 164 valence electrons. The van der Waals surface area contributed by atoms with Crippen molar-refractivity contribution in [3.63, 3.8) is 0 Å². The lowest BCUT2D eigenvalue weighted by atomic mass is 10.1.